The molecule has 0 aliphatic carbocycles. The monoisotopic (exact) mass is 414 g/mol. The van der Waals surface area contributed by atoms with Crippen molar-refractivity contribution >= 4 is 11.8 Å². The first-order valence-electron chi connectivity index (χ1n) is 9.95. The second-order valence-electron chi connectivity index (χ2n) is 7.59. The van der Waals surface area contributed by atoms with Gasteiger partial charge in [0.1, 0.15) is 19.0 Å². The minimum Gasteiger partial charge on any atom is -0.490 e. The fourth-order valence-corrected chi connectivity index (χ4v) is 2.59. The van der Waals surface area contributed by atoms with Crippen molar-refractivity contribution in [1.29, 1.82) is 0 Å². The Kier molecular flexibility index (Phi) is 8.53. The number of amides is 2. The average Bonchev–Trinajstić information content (AvgIpc) is 2.70. The van der Waals surface area contributed by atoms with Crippen LogP contribution in [0, 0.1) is 0 Å². The summed E-state index contributed by atoms with van der Waals surface area (Å²) in [4.78, 5) is 24.3. The highest BCUT2D eigenvalue weighted by Crippen LogP contribution is 2.28. The second kappa shape index (κ2) is 11.1. The molecule has 2 aromatic carbocycles. The van der Waals surface area contributed by atoms with Gasteiger partial charge in [-0.25, -0.2) is 0 Å². The van der Waals surface area contributed by atoms with Gasteiger partial charge in [-0.05, 0) is 58.0 Å². The number of carbonyl (C=O) groups is 2. The van der Waals surface area contributed by atoms with Crippen molar-refractivity contribution in [2.24, 2.45) is 0 Å². The summed E-state index contributed by atoms with van der Waals surface area (Å²) in [5.74, 6) is 1.14. The molecule has 7 heteroatoms. The van der Waals surface area contributed by atoms with Gasteiger partial charge in [-0.2, -0.15) is 0 Å². The molecule has 0 saturated heterocycles. The van der Waals surface area contributed by atoms with Crippen LogP contribution in [0.15, 0.2) is 48.5 Å². The number of benzene rings is 2. The first-order valence-corrected chi connectivity index (χ1v) is 9.95. The maximum Gasteiger partial charge on any atom is 0.251 e. The van der Waals surface area contributed by atoms with Gasteiger partial charge in [0.05, 0.1) is 13.2 Å². The number of hydrogen-bond donors (Lipinski definition) is 2. The maximum absolute atomic E-state index is 12.4. The Hall–Kier alpha value is -3.22. The van der Waals surface area contributed by atoms with Crippen LogP contribution in [0.1, 0.15) is 38.1 Å². The summed E-state index contributed by atoms with van der Waals surface area (Å²) >= 11 is 0. The largest absolute Gasteiger partial charge is 0.490 e. The predicted octanol–water partition coefficient (Wildman–Crippen LogP) is 3.19. The molecule has 0 aromatic heterocycles. The average molecular weight is 415 g/mol. The molecule has 2 N–H and O–H groups in total. The lowest BCUT2D eigenvalue weighted by molar-refractivity contribution is -0.121. The van der Waals surface area contributed by atoms with E-state index in [1.54, 1.807) is 18.2 Å². The minimum absolute atomic E-state index is 0.102. The Labute approximate surface area is 177 Å². The molecular weight excluding hydrogens is 384 g/mol. The molecule has 0 aliphatic rings. The van der Waals surface area contributed by atoms with Gasteiger partial charge in [-0.3, -0.25) is 9.59 Å². The Morgan fingerprint density at radius 1 is 0.900 bits per heavy atom. The van der Waals surface area contributed by atoms with E-state index in [0.29, 0.717) is 36.9 Å². The summed E-state index contributed by atoms with van der Waals surface area (Å²) in [5, 5.41) is 5.41. The SMILES string of the molecule is CCOc1cc(C(=O)NCC(=O)NC(C)(C)C)ccc1OCCOc1ccccc1. The van der Waals surface area contributed by atoms with E-state index in [1.165, 1.54) is 0 Å². The van der Waals surface area contributed by atoms with Gasteiger partial charge in [-0.1, -0.05) is 18.2 Å². The molecular formula is C23H30N2O5. The molecule has 2 rings (SSSR count). The Bertz CT molecular complexity index is 831. The lowest BCUT2D eigenvalue weighted by atomic mass is 10.1. The van der Waals surface area contributed by atoms with Crippen molar-refractivity contribution in [3.05, 3.63) is 54.1 Å². The van der Waals surface area contributed by atoms with Crippen LogP contribution in [0.5, 0.6) is 17.2 Å². The van der Waals surface area contributed by atoms with Crippen molar-refractivity contribution in [2.75, 3.05) is 26.4 Å². The first-order chi connectivity index (χ1) is 14.3. The lowest BCUT2D eigenvalue weighted by Crippen LogP contribution is -2.45. The van der Waals surface area contributed by atoms with Crippen molar-refractivity contribution < 1.29 is 23.8 Å². The molecule has 2 amide bonds. The van der Waals surface area contributed by atoms with Crippen LogP contribution in [-0.4, -0.2) is 43.7 Å². The number of nitrogens with one attached hydrogen (secondary N) is 2. The maximum atomic E-state index is 12.4. The number of rotatable bonds is 10. The van der Waals surface area contributed by atoms with Crippen LogP contribution < -0.4 is 24.8 Å². The van der Waals surface area contributed by atoms with Gasteiger partial charge >= 0.3 is 0 Å². The highest BCUT2D eigenvalue weighted by atomic mass is 16.5. The summed E-state index contributed by atoms with van der Waals surface area (Å²) in [7, 11) is 0. The molecule has 30 heavy (non-hydrogen) atoms. The van der Waals surface area contributed by atoms with Gasteiger partial charge in [0, 0.05) is 11.1 Å². The molecule has 0 saturated carbocycles. The molecule has 0 heterocycles. The van der Waals surface area contributed by atoms with Gasteiger partial charge in [0.2, 0.25) is 5.91 Å². The van der Waals surface area contributed by atoms with Crippen LogP contribution in [0.4, 0.5) is 0 Å². The van der Waals surface area contributed by atoms with Crippen LogP contribution in [-0.2, 0) is 4.79 Å². The third-order valence-corrected chi connectivity index (χ3v) is 3.78. The molecule has 2 aromatic rings. The molecule has 0 atom stereocenters. The molecule has 0 radical (unpaired) electrons. The van der Waals surface area contributed by atoms with E-state index < -0.39 is 0 Å². The van der Waals surface area contributed by atoms with E-state index >= 15 is 0 Å². The summed E-state index contributed by atoms with van der Waals surface area (Å²) in [6.45, 7) is 8.52. The van der Waals surface area contributed by atoms with Crippen LogP contribution in [0.2, 0.25) is 0 Å². The molecule has 0 unspecified atom stereocenters. The van der Waals surface area contributed by atoms with E-state index in [4.69, 9.17) is 14.2 Å². The molecule has 0 fully saturated rings. The summed E-state index contributed by atoms with van der Waals surface area (Å²) in [6, 6.07) is 14.4. The highest BCUT2D eigenvalue weighted by molar-refractivity contribution is 5.97. The third-order valence-electron chi connectivity index (χ3n) is 3.78. The molecule has 0 aliphatic heterocycles. The summed E-state index contributed by atoms with van der Waals surface area (Å²) < 4.78 is 17.0. The zero-order valence-electron chi connectivity index (χ0n) is 18.0. The number of hydrogen-bond acceptors (Lipinski definition) is 5. The minimum atomic E-state index is -0.362. The quantitative estimate of drug-likeness (QED) is 0.583. The predicted molar refractivity (Wildman–Crippen MR) is 115 cm³/mol. The third kappa shape index (κ3) is 8.03. The Morgan fingerprint density at radius 2 is 1.60 bits per heavy atom. The van der Waals surface area contributed by atoms with E-state index in [9.17, 15) is 9.59 Å². The second-order valence-corrected chi connectivity index (χ2v) is 7.59. The zero-order valence-corrected chi connectivity index (χ0v) is 18.0. The summed E-state index contributed by atoms with van der Waals surface area (Å²) in [5.41, 5.74) is 0.0302. The van der Waals surface area contributed by atoms with Crippen molar-refractivity contribution in [3.8, 4) is 17.2 Å². The van der Waals surface area contributed by atoms with E-state index in [1.807, 2.05) is 58.0 Å². The normalized spacial score (nSPS) is 10.8. The van der Waals surface area contributed by atoms with Crippen molar-refractivity contribution in [2.45, 2.75) is 33.2 Å². The van der Waals surface area contributed by atoms with Crippen LogP contribution >= 0.6 is 0 Å². The van der Waals surface area contributed by atoms with Crippen molar-refractivity contribution in [3.63, 3.8) is 0 Å². The van der Waals surface area contributed by atoms with Gasteiger partial charge in [0.25, 0.3) is 5.91 Å². The highest BCUT2D eigenvalue weighted by Gasteiger charge is 2.16. The topological polar surface area (TPSA) is 85.9 Å². The fourth-order valence-electron chi connectivity index (χ4n) is 2.59. The molecule has 7 nitrogen and oxygen atoms in total. The molecule has 0 spiro atoms. The lowest BCUT2D eigenvalue weighted by Gasteiger charge is -2.20. The molecule has 0 bridgehead atoms. The van der Waals surface area contributed by atoms with Crippen molar-refractivity contribution in [1.82, 2.24) is 10.6 Å². The molecule has 162 valence electrons. The van der Waals surface area contributed by atoms with Crippen LogP contribution in [0.3, 0.4) is 0 Å². The number of para-hydroxylation sites is 1. The van der Waals surface area contributed by atoms with Gasteiger partial charge in [0.15, 0.2) is 11.5 Å². The number of ether oxygens (including phenoxy) is 3. The smallest absolute Gasteiger partial charge is 0.251 e. The Morgan fingerprint density at radius 3 is 2.27 bits per heavy atom. The van der Waals surface area contributed by atoms with Crippen LogP contribution in [0.25, 0.3) is 0 Å². The van der Waals surface area contributed by atoms with Gasteiger partial charge in [-0.15, -0.1) is 0 Å². The Balaban J connectivity index is 1.91. The standard InChI is InChI=1S/C23H30N2O5/c1-5-28-20-15-17(22(27)24-16-21(26)25-23(2,3)4)11-12-19(20)30-14-13-29-18-9-7-6-8-10-18/h6-12,15H,5,13-14,16H2,1-4H3,(H,24,27)(H,25,26). The fraction of sp³-hybridized carbons (Fsp3) is 0.391. The van der Waals surface area contributed by atoms with E-state index in [2.05, 4.69) is 10.6 Å². The van der Waals surface area contributed by atoms with Gasteiger partial charge < -0.3 is 24.8 Å². The van der Waals surface area contributed by atoms with E-state index in [0.717, 1.165) is 5.75 Å². The number of carbonyl (C=O) groups excluding carboxylic acids is 2. The summed E-state index contributed by atoms with van der Waals surface area (Å²) in [6.07, 6.45) is 0. The zero-order chi connectivity index (χ0) is 22.0. The van der Waals surface area contributed by atoms with E-state index in [-0.39, 0.29) is 23.9 Å². The first kappa shape index (κ1) is 23.1.